The van der Waals surface area contributed by atoms with Crippen molar-refractivity contribution in [1.82, 2.24) is 30.0 Å². The number of pyridine rings is 1. The largest absolute Gasteiger partial charge is 0.302 e. The molecule has 0 bridgehead atoms. The van der Waals surface area contributed by atoms with Gasteiger partial charge in [-0.05, 0) is 13.0 Å². The second kappa shape index (κ2) is 7.07. The highest BCUT2D eigenvalue weighted by Crippen LogP contribution is 2.12. The summed E-state index contributed by atoms with van der Waals surface area (Å²) in [5, 5.41) is 12.4. The van der Waals surface area contributed by atoms with Gasteiger partial charge in [-0.2, -0.15) is 5.10 Å². The Kier molecular flexibility index (Phi) is 4.69. The summed E-state index contributed by atoms with van der Waals surface area (Å²) in [6.07, 6.45) is 6.39. The Bertz CT molecular complexity index is 757. The minimum absolute atomic E-state index is 0.133. The highest BCUT2D eigenvalue weighted by atomic mass is 32.1. The van der Waals surface area contributed by atoms with Gasteiger partial charge in [0.25, 0.3) is 0 Å². The van der Waals surface area contributed by atoms with E-state index in [0.717, 1.165) is 5.56 Å². The van der Waals surface area contributed by atoms with Crippen LogP contribution in [0.1, 0.15) is 12.5 Å². The lowest BCUT2D eigenvalue weighted by Gasteiger charge is -2.14. The second-order valence-corrected chi connectivity index (χ2v) is 5.65. The number of nitrogens with one attached hydrogen (secondary N) is 2. The number of hydrogen-bond donors (Lipinski definition) is 2. The first-order valence-electron chi connectivity index (χ1n) is 6.96. The molecule has 8 nitrogen and oxygen atoms in total. The SMILES string of the molecule is C[C@@H](NCc1cccnc1-n1cncn1)C(=O)Nc1nccs1. The molecule has 118 valence electrons. The van der Waals surface area contributed by atoms with E-state index in [9.17, 15) is 4.79 Å². The van der Waals surface area contributed by atoms with Gasteiger partial charge in [-0.1, -0.05) is 6.07 Å². The zero-order valence-electron chi connectivity index (χ0n) is 12.4. The van der Waals surface area contributed by atoms with Crippen LogP contribution >= 0.6 is 11.3 Å². The molecule has 1 atom stereocenters. The molecule has 1 amide bonds. The van der Waals surface area contributed by atoms with Crippen molar-refractivity contribution in [1.29, 1.82) is 0 Å². The van der Waals surface area contributed by atoms with Crippen molar-refractivity contribution >= 4 is 22.4 Å². The van der Waals surface area contributed by atoms with Crippen LogP contribution in [0.15, 0.2) is 42.6 Å². The average molecular weight is 329 g/mol. The number of thiazole rings is 1. The van der Waals surface area contributed by atoms with Gasteiger partial charge in [0.05, 0.1) is 6.04 Å². The molecule has 3 heterocycles. The molecular weight excluding hydrogens is 314 g/mol. The summed E-state index contributed by atoms with van der Waals surface area (Å²) in [6, 6.07) is 3.41. The second-order valence-electron chi connectivity index (χ2n) is 4.76. The summed E-state index contributed by atoms with van der Waals surface area (Å²) in [7, 11) is 0. The van der Waals surface area contributed by atoms with Gasteiger partial charge < -0.3 is 10.6 Å². The lowest BCUT2D eigenvalue weighted by molar-refractivity contribution is -0.117. The van der Waals surface area contributed by atoms with E-state index >= 15 is 0 Å². The molecule has 0 aliphatic carbocycles. The molecule has 0 unspecified atom stereocenters. The quantitative estimate of drug-likeness (QED) is 0.706. The average Bonchev–Trinajstić information content (AvgIpc) is 3.26. The van der Waals surface area contributed by atoms with E-state index in [1.54, 1.807) is 30.3 Å². The van der Waals surface area contributed by atoms with E-state index in [-0.39, 0.29) is 11.9 Å². The van der Waals surface area contributed by atoms with Crippen LogP contribution in [0, 0.1) is 0 Å². The first kappa shape index (κ1) is 15.3. The van der Waals surface area contributed by atoms with Crippen LogP contribution in [-0.2, 0) is 11.3 Å². The van der Waals surface area contributed by atoms with Crippen molar-refractivity contribution in [3.63, 3.8) is 0 Å². The van der Waals surface area contributed by atoms with Crippen LogP contribution in [0.5, 0.6) is 0 Å². The fourth-order valence-electron chi connectivity index (χ4n) is 1.95. The molecule has 0 saturated carbocycles. The lowest BCUT2D eigenvalue weighted by Crippen LogP contribution is -2.37. The van der Waals surface area contributed by atoms with E-state index in [4.69, 9.17) is 0 Å². The Balaban J connectivity index is 1.63. The van der Waals surface area contributed by atoms with Crippen LogP contribution in [0.3, 0.4) is 0 Å². The van der Waals surface area contributed by atoms with Gasteiger partial charge in [0, 0.05) is 29.9 Å². The first-order valence-corrected chi connectivity index (χ1v) is 7.84. The van der Waals surface area contributed by atoms with E-state index in [0.29, 0.717) is 17.5 Å². The minimum Gasteiger partial charge on any atom is -0.302 e. The Morgan fingerprint density at radius 1 is 1.39 bits per heavy atom. The van der Waals surface area contributed by atoms with E-state index < -0.39 is 0 Å². The highest BCUT2D eigenvalue weighted by molar-refractivity contribution is 7.13. The van der Waals surface area contributed by atoms with E-state index in [1.165, 1.54) is 17.7 Å². The molecule has 0 radical (unpaired) electrons. The molecule has 3 rings (SSSR count). The first-order chi connectivity index (χ1) is 11.2. The normalized spacial score (nSPS) is 12.0. The summed E-state index contributed by atoms with van der Waals surface area (Å²) in [4.78, 5) is 24.4. The summed E-state index contributed by atoms with van der Waals surface area (Å²) in [5.74, 6) is 0.552. The molecule has 0 aliphatic heterocycles. The number of aromatic nitrogens is 5. The Morgan fingerprint density at radius 3 is 3.04 bits per heavy atom. The van der Waals surface area contributed by atoms with Crippen molar-refractivity contribution < 1.29 is 4.79 Å². The molecule has 2 N–H and O–H groups in total. The Labute approximate surface area is 136 Å². The maximum Gasteiger partial charge on any atom is 0.243 e. The Hall–Kier alpha value is -2.65. The third-order valence-electron chi connectivity index (χ3n) is 3.16. The predicted molar refractivity (Wildman–Crippen MR) is 86.2 cm³/mol. The summed E-state index contributed by atoms with van der Waals surface area (Å²) in [6.45, 7) is 2.28. The van der Waals surface area contributed by atoms with Crippen LogP contribution < -0.4 is 10.6 Å². The van der Waals surface area contributed by atoms with Crippen LogP contribution in [0.25, 0.3) is 5.82 Å². The smallest absolute Gasteiger partial charge is 0.243 e. The zero-order chi connectivity index (χ0) is 16.1. The van der Waals surface area contributed by atoms with Crippen molar-refractivity contribution in [2.75, 3.05) is 5.32 Å². The van der Waals surface area contributed by atoms with Crippen LogP contribution in [-0.4, -0.2) is 36.7 Å². The topological polar surface area (TPSA) is 97.6 Å². The van der Waals surface area contributed by atoms with Crippen LogP contribution in [0.4, 0.5) is 5.13 Å². The third-order valence-corrected chi connectivity index (χ3v) is 3.85. The van der Waals surface area contributed by atoms with Gasteiger partial charge in [0.15, 0.2) is 10.9 Å². The molecule has 9 heteroatoms. The summed E-state index contributed by atoms with van der Waals surface area (Å²) >= 11 is 1.38. The minimum atomic E-state index is -0.372. The molecule has 0 aliphatic rings. The monoisotopic (exact) mass is 329 g/mol. The number of hydrogen-bond acceptors (Lipinski definition) is 7. The molecule has 23 heavy (non-hydrogen) atoms. The van der Waals surface area contributed by atoms with Gasteiger partial charge in [-0.25, -0.2) is 19.6 Å². The number of carbonyl (C=O) groups excluding carboxylic acids is 1. The van der Waals surface area contributed by atoms with E-state index in [1.807, 2.05) is 17.5 Å². The zero-order valence-corrected chi connectivity index (χ0v) is 13.2. The molecule has 3 aromatic rings. The number of amides is 1. The van der Waals surface area contributed by atoms with Crippen molar-refractivity contribution in [3.8, 4) is 5.82 Å². The molecule has 3 aromatic heterocycles. The number of rotatable bonds is 6. The molecular formula is C14H15N7OS. The maximum absolute atomic E-state index is 12.1. The van der Waals surface area contributed by atoms with Gasteiger partial charge in [0.1, 0.15) is 12.7 Å². The molecule has 0 saturated heterocycles. The summed E-state index contributed by atoms with van der Waals surface area (Å²) < 4.78 is 1.59. The number of carbonyl (C=O) groups is 1. The standard InChI is InChI=1S/C14H15N7OS/c1-10(13(22)20-14-17-5-6-23-14)18-7-11-3-2-4-16-12(11)21-9-15-8-19-21/h2-6,8-10,18H,7H2,1H3,(H,17,20,22)/t10-/m1/s1. The molecule has 0 spiro atoms. The summed E-state index contributed by atoms with van der Waals surface area (Å²) in [5.41, 5.74) is 0.923. The Morgan fingerprint density at radius 2 is 2.30 bits per heavy atom. The van der Waals surface area contributed by atoms with Gasteiger partial charge >= 0.3 is 0 Å². The van der Waals surface area contributed by atoms with Gasteiger partial charge in [0.2, 0.25) is 5.91 Å². The highest BCUT2D eigenvalue weighted by Gasteiger charge is 2.15. The fraction of sp³-hybridized carbons (Fsp3) is 0.214. The predicted octanol–water partition coefficient (Wildman–Crippen LogP) is 1.24. The van der Waals surface area contributed by atoms with E-state index in [2.05, 4.69) is 30.7 Å². The third kappa shape index (κ3) is 3.76. The molecule has 0 fully saturated rings. The van der Waals surface area contributed by atoms with Crippen molar-refractivity contribution in [2.45, 2.75) is 19.5 Å². The molecule has 0 aromatic carbocycles. The van der Waals surface area contributed by atoms with Gasteiger partial charge in [-0.3, -0.25) is 4.79 Å². The van der Waals surface area contributed by atoms with Crippen LogP contribution in [0.2, 0.25) is 0 Å². The number of anilines is 1. The fourth-order valence-corrected chi connectivity index (χ4v) is 2.48. The lowest BCUT2D eigenvalue weighted by atomic mass is 10.2. The van der Waals surface area contributed by atoms with Gasteiger partial charge in [-0.15, -0.1) is 11.3 Å². The number of nitrogens with zero attached hydrogens (tertiary/aromatic N) is 5. The van der Waals surface area contributed by atoms with Crippen molar-refractivity contribution in [2.24, 2.45) is 0 Å². The maximum atomic E-state index is 12.1. The van der Waals surface area contributed by atoms with Crippen molar-refractivity contribution in [3.05, 3.63) is 48.1 Å².